The van der Waals surface area contributed by atoms with Crippen LogP contribution in [0.15, 0.2) is 48.8 Å². The van der Waals surface area contributed by atoms with Gasteiger partial charge in [-0.15, -0.1) is 0 Å². The first-order chi connectivity index (χ1) is 12.1. The maximum Gasteiger partial charge on any atom is 0.239 e. The van der Waals surface area contributed by atoms with E-state index in [0.717, 1.165) is 32.7 Å². The number of anilines is 1. The Morgan fingerprint density at radius 2 is 1.84 bits per heavy atom. The molecule has 1 aliphatic heterocycles. The van der Waals surface area contributed by atoms with Gasteiger partial charge in [0.15, 0.2) is 0 Å². The Morgan fingerprint density at radius 3 is 2.48 bits per heavy atom. The minimum atomic E-state index is -0.186. The molecule has 1 saturated heterocycles. The molecule has 2 heterocycles. The predicted octanol–water partition coefficient (Wildman–Crippen LogP) is 1.60. The number of hydrogen-bond donors (Lipinski definition) is 1. The van der Waals surface area contributed by atoms with E-state index >= 15 is 0 Å². The fourth-order valence-corrected chi connectivity index (χ4v) is 3.34. The van der Waals surface area contributed by atoms with E-state index in [1.807, 2.05) is 34.8 Å². The molecule has 25 heavy (non-hydrogen) atoms. The van der Waals surface area contributed by atoms with Crippen molar-refractivity contribution in [3.63, 3.8) is 0 Å². The average molecular weight is 341 g/mol. The van der Waals surface area contributed by atoms with Gasteiger partial charge in [-0.25, -0.2) is 0 Å². The molecule has 0 spiro atoms. The normalized spacial score (nSPS) is 17.4. The van der Waals surface area contributed by atoms with Crippen LogP contribution in [0.3, 0.4) is 0 Å². The Hall–Kier alpha value is -2.34. The fraction of sp³-hybridized carbons (Fsp3) is 0.474. The molecular formula is C19H27N5O. The fourth-order valence-electron chi connectivity index (χ4n) is 3.34. The first-order valence-corrected chi connectivity index (χ1v) is 8.96. The summed E-state index contributed by atoms with van der Waals surface area (Å²) in [6.45, 7) is 8.09. The third-order valence-corrected chi connectivity index (χ3v) is 4.64. The summed E-state index contributed by atoms with van der Waals surface area (Å²) in [4.78, 5) is 17.0. The number of carbonyl (C=O) groups excluding carboxylic acids is 1. The molecule has 6 heteroatoms. The van der Waals surface area contributed by atoms with Crippen LogP contribution in [-0.4, -0.2) is 58.9 Å². The molecule has 0 radical (unpaired) electrons. The van der Waals surface area contributed by atoms with Gasteiger partial charge < -0.3 is 15.1 Å². The summed E-state index contributed by atoms with van der Waals surface area (Å²) in [6, 6.07) is 12.3. The second-order valence-corrected chi connectivity index (χ2v) is 6.67. The van der Waals surface area contributed by atoms with Crippen molar-refractivity contribution < 1.29 is 4.79 Å². The second kappa shape index (κ2) is 8.16. The van der Waals surface area contributed by atoms with Crippen molar-refractivity contribution in [1.82, 2.24) is 20.0 Å². The summed E-state index contributed by atoms with van der Waals surface area (Å²) >= 11 is 0. The highest BCUT2D eigenvalue weighted by atomic mass is 16.2. The second-order valence-electron chi connectivity index (χ2n) is 6.67. The van der Waals surface area contributed by atoms with Crippen LogP contribution < -0.4 is 10.2 Å². The van der Waals surface area contributed by atoms with Crippen LogP contribution in [0.2, 0.25) is 0 Å². The molecule has 0 unspecified atom stereocenters. The van der Waals surface area contributed by atoms with Gasteiger partial charge in [-0.3, -0.25) is 9.48 Å². The Kier molecular flexibility index (Phi) is 5.71. The summed E-state index contributed by atoms with van der Waals surface area (Å²) < 4.78 is 1.88. The smallest absolute Gasteiger partial charge is 0.239 e. The van der Waals surface area contributed by atoms with Gasteiger partial charge in [-0.1, -0.05) is 18.2 Å². The third kappa shape index (κ3) is 4.60. The maximum absolute atomic E-state index is 12.7. The van der Waals surface area contributed by atoms with Crippen molar-refractivity contribution in [2.45, 2.75) is 32.5 Å². The van der Waals surface area contributed by atoms with Crippen LogP contribution in [-0.2, 0) is 11.3 Å². The zero-order chi connectivity index (χ0) is 17.6. The number of hydrogen-bond acceptors (Lipinski definition) is 4. The monoisotopic (exact) mass is 341 g/mol. The highest BCUT2D eigenvalue weighted by Crippen LogP contribution is 2.16. The molecule has 2 aromatic rings. The van der Waals surface area contributed by atoms with Crippen LogP contribution in [0.4, 0.5) is 5.69 Å². The summed E-state index contributed by atoms with van der Waals surface area (Å²) in [5, 5.41) is 7.60. The summed E-state index contributed by atoms with van der Waals surface area (Å²) in [7, 11) is 0. The molecule has 0 aliphatic carbocycles. The lowest BCUT2D eigenvalue weighted by molar-refractivity contribution is -0.133. The van der Waals surface area contributed by atoms with E-state index < -0.39 is 0 Å². The van der Waals surface area contributed by atoms with Gasteiger partial charge in [0, 0.05) is 50.3 Å². The molecule has 0 bridgehead atoms. The van der Waals surface area contributed by atoms with Gasteiger partial charge in [0.05, 0.1) is 12.6 Å². The number of nitrogens with one attached hydrogen (secondary N) is 1. The lowest BCUT2D eigenvalue weighted by Gasteiger charge is -2.37. The van der Waals surface area contributed by atoms with Crippen molar-refractivity contribution in [2.75, 3.05) is 31.1 Å². The van der Waals surface area contributed by atoms with E-state index in [-0.39, 0.29) is 18.0 Å². The van der Waals surface area contributed by atoms with Crippen molar-refractivity contribution in [2.24, 2.45) is 0 Å². The number of amides is 1. The van der Waals surface area contributed by atoms with Crippen LogP contribution in [0.1, 0.15) is 13.8 Å². The molecule has 0 saturated carbocycles. The van der Waals surface area contributed by atoms with Crippen LogP contribution in [0, 0.1) is 0 Å². The van der Waals surface area contributed by atoms with E-state index in [1.165, 1.54) is 5.69 Å². The molecule has 1 N–H and O–H groups in total. The van der Waals surface area contributed by atoms with E-state index in [4.69, 9.17) is 0 Å². The Morgan fingerprint density at radius 1 is 1.12 bits per heavy atom. The Bertz CT molecular complexity index is 650. The van der Waals surface area contributed by atoms with Gasteiger partial charge in [0.25, 0.3) is 0 Å². The minimum Gasteiger partial charge on any atom is -0.368 e. The summed E-state index contributed by atoms with van der Waals surface area (Å²) in [5.41, 5.74) is 1.23. The van der Waals surface area contributed by atoms with Crippen molar-refractivity contribution in [3.05, 3.63) is 48.8 Å². The topological polar surface area (TPSA) is 53.4 Å². The van der Waals surface area contributed by atoms with Gasteiger partial charge in [0.2, 0.25) is 5.91 Å². The van der Waals surface area contributed by atoms with E-state index in [1.54, 1.807) is 6.20 Å². The van der Waals surface area contributed by atoms with E-state index in [9.17, 15) is 4.79 Å². The van der Waals surface area contributed by atoms with Gasteiger partial charge in [-0.2, -0.15) is 5.10 Å². The average Bonchev–Trinajstić information content (AvgIpc) is 3.14. The predicted molar refractivity (Wildman–Crippen MR) is 99.5 cm³/mol. The number of nitrogens with zero attached hydrogens (tertiary/aromatic N) is 4. The lowest BCUT2D eigenvalue weighted by Crippen LogP contribution is -2.54. The zero-order valence-electron chi connectivity index (χ0n) is 15.0. The first-order valence-electron chi connectivity index (χ1n) is 8.96. The standard InChI is InChI=1S/C19H27N5O/c1-16(15-24-10-6-9-20-24)21-17(2)19(25)23-13-11-22(12-14-23)18-7-4-3-5-8-18/h3-10,16-17,21H,11-15H2,1-2H3/t16-,17-/m1/s1. The Labute approximate surface area is 149 Å². The number of carbonyl (C=O) groups is 1. The number of para-hydroxylation sites is 1. The highest BCUT2D eigenvalue weighted by Gasteiger charge is 2.25. The Balaban J connectivity index is 1.46. The molecule has 6 nitrogen and oxygen atoms in total. The molecule has 1 aromatic carbocycles. The molecule has 1 fully saturated rings. The third-order valence-electron chi connectivity index (χ3n) is 4.64. The number of piperazine rings is 1. The zero-order valence-corrected chi connectivity index (χ0v) is 15.0. The molecule has 1 amide bonds. The molecule has 1 aromatic heterocycles. The molecule has 2 atom stereocenters. The van der Waals surface area contributed by atoms with Crippen LogP contribution in [0.5, 0.6) is 0 Å². The largest absolute Gasteiger partial charge is 0.368 e. The molecule has 1 aliphatic rings. The number of aromatic nitrogens is 2. The van der Waals surface area contributed by atoms with Gasteiger partial charge >= 0.3 is 0 Å². The lowest BCUT2D eigenvalue weighted by atomic mass is 10.2. The number of rotatable bonds is 6. The van der Waals surface area contributed by atoms with Crippen molar-refractivity contribution in [1.29, 1.82) is 0 Å². The van der Waals surface area contributed by atoms with Crippen molar-refractivity contribution >= 4 is 11.6 Å². The van der Waals surface area contributed by atoms with E-state index in [0.29, 0.717) is 0 Å². The molecule has 3 rings (SSSR count). The summed E-state index contributed by atoms with van der Waals surface area (Å²) in [5.74, 6) is 0.181. The van der Waals surface area contributed by atoms with Gasteiger partial charge in [-0.05, 0) is 32.0 Å². The summed E-state index contributed by atoms with van der Waals surface area (Å²) in [6.07, 6.45) is 3.71. The van der Waals surface area contributed by atoms with Crippen LogP contribution >= 0.6 is 0 Å². The minimum absolute atomic E-state index is 0.181. The highest BCUT2D eigenvalue weighted by molar-refractivity contribution is 5.81. The van der Waals surface area contributed by atoms with Gasteiger partial charge in [0.1, 0.15) is 0 Å². The number of benzene rings is 1. The van der Waals surface area contributed by atoms with Crippen molar-refractivity contribution in [3.8, 4) is 0 Å². The van der Waals surface area contributed by atoms with Crippen LogP contribution in [0.25, 0.3) is 0 Å². The van der Waals surface area contributed by atoms with E-state index in [2.05, 4.69) is 46.5 Å². The maximum atomic E-state index is 12.7. The first kappa shape index (κ1) is 17.5. The quantitative estimate of drug-likeness (QED) is 0.867. The molecular weight excluding hydrogens is 314 g/mol. The SMILES string of the molecule is C[C@H](Cn1cccn1)N[C@H](C)C(=O)N1CCN(c2ccccc2)CC1. The molecule has 134 valence electrons.